The van der Waals surface area contributed by atoms with Crippen LogP contribution in [0.15, 0.2) is 12.1 Å². The number of methoxy groups -OCH3 is 1. The largest absolute Gasteiger partial charge is 0.469 e. The van der Waals surface area contributed by atoms with Gasteiger partial charge in [-0.2, -0.15) is 0 Å². The zero-order valence-electron chi connectivity index (χ0n) is 9.78. The number of fused-ring (bicyclic) bond motifs is 1. The number of halogens is 3. The Morgan fingerprint density at radius 2 is 2.11 bits per heavy atom. The van der Waals surface area contributed by atoms with Gasteiger partial charge in [0.05, 0.1) is 23.1 Å². The molecule has 0 amide bonds. The van der Waals surface area contributed by atoms with Crippen molar-refractivity contribution in [1.29, 1.82) is 0 Å². The summed E-state index contributed by atoms with van der Waals surface area (Å²) in [4.78, 5) is 11.6. The van der Waals surface area contributed by atoms with Gasteiger partial charge in [-0.3, -0.25) is 4.79 Å². The van der Waals surface area contributed by atoms with Crippen molar-refractivity contribution < 1.29 is 9.53 Å². The minimum absolute atomic E-state index is 0. The average molecular weight is 311 g/mol. The number of ether oxygens (including phenoxy) is 1. The molecule has 0 unspecified atom stereocenters. The minimum atomic E-state index is -0.248. The van der Waals surface area contributed by atoms with Crippen LogP contribution in [0.1, 0.15) is 23.6 Å². The Bertz CT molecular complexity index is 465. The van der Waals surface area contributed by atoms with E-state index in [-0.39, 0.29) is 30.3 Å². The van der Waals surface area contributed by atoms with Crippen LogP contribution in [0, 0.1) is 5.92 Å². The van der Waals surface area contributed by atoms with E-state index in [1.165, 1.54) is 7.11 Å². The lowest BCUT2D eigenvalue weighted by Gasteiger charge is -2.28. The first kappa shape index (κ1) is 15.6. The van der Waals surface area contributed by atoms with Crippen LogP contribution in [-0.4, -0.2) is 13.1 Å². The fourth-order valence-corrected chi connectivity index (χ4v) is 2.70. The topological polar surface area (TPSA) is 52.3 Å². The summed E-state index contributed by atoms with van der Waals surface area (Å²) in [6, 6.07) is 3.42. The normalized spacial score (nSPS) is 21.8. The third-order valence-electron chi connectivity index (χ3n) is 3.16. The second-order valence-corrected chi connectivity index (χ2v) is 4.98. The highest BCUT2D eigenvalue weighted by molar-refractivity contribution is 6.42. The summed E-state index contributed by atoms with van der Waals surface area (Å²) >= 11 is 12.1. The Labute approximate surface area is 122 Å². The van der Waals surface area contributed by atoms with Gasteiger partial charge < -0.3 is 10.5 Å². The second kappa shape index (κ2) is 6.11. The first-order valence-electron chi connectivity index (χ1n) is 5.34. The first-order chi connectivity index (χ1) is 8.04. The summed E-state index contributed by atoms with van der Waals surface area (Å²) in [7, 11) is 1.38. The molecule has 18 heavy (non-hydrogen) atoms. The molecule has 2 rings (SSSR count). The highest BCUT2D eigenvalue weighted by Crippen LogP contribution is 2.39. The average Bonchev–Trinajstić information content (AvgIpc) is 2.33. The highest BCUT2D eigenvalue weighted by atomic mass is 35.5. The lowest BCUT2D eigenvalue weighted by molar-refractivity contribution is -0.146. The molecule has 0 spiro atoms. The summed E-state index contributed by atoms with van der Waals surface area (Å²) in [5, 5.41) is 0.983. The zero-order valence-corrected chi connectivity index (χ0v) is 12.1. The number of hydrogen-bond donors (Lipinski definition) is 1. The Kier molecular flexibility index (Phi) is 5.29. The maximum atomic E-state index is 11.6. The molecule has 0 saturated carbocycles. The molecule has 6 heteroatoms. The van der Waals surface area contributed by atoms with E-state index >= 15 is 0 Å². The van der Waals surface area contributed by atoms with Crippen LogP contribution < -0.4 is 5.73 Å². The molecule has 1 aromatic carbocycles. The number of carbonyl (C=O) groups is 1. The quantitative estimate of drug-likeness (QED) is 0.811. The van der Waals surface area contributed by atoms with Gasteiger partial charge in [-0.15, -0.1) is 12.4 Å². The minimum Gasteiger partial charge on any atom is -0.469 e. The molecule has 0 aromatic heterocycles. The van der Waals surface area contributed by atoms with E-state index in [9.17, 15) is 4.79 Å². The smallest absolute Gasteiger partial charge is 0.309 e. The molecule has 3 nitrogen and oxygen atoms in total. The van der Waals surface area contributed by atoms with Crippen LogP contribution >= 0.6 is 35.6 Å². The molecular formula is C12H14Cl3NO2. The predicted octanol–water partition coefficient (Wildman–Crippen LogP) is 3.15. The van der Waals surface area contributed by atoms with Crippen molar-refractivity contribution in [2.45, 2.75) is 18.9 Å². The van der Waals surface area contributed by atoms with Gasteiger partial charge in [-0.25, -0.2) is 0 Å². The Morgan fingerprint density at radius 1 is 1.44 bits per heavy atom. The Morgan fingerprint density at radius 3 is 2.72 bits per heavy atom. The van der Waals surface area contributed by atoms with Crippen LogP contribution in [-0.2, 0) is 16.0 Å². The molecular weight excluding hydrogens is 296 g/mol. The summed E-state index contributed by atoms with van der Waals surface area (Å²) < 4.78 is 4.75. The molecule has 0 heterocycles. The molecule has 1 aliphatic carbocycles. The molecule has 0 saturated heterocycles. The second-order valence-electron chi connectivity index (χ2n) is 4.20. The maximum absolute atomic E-state index is 11.6. The van der Waals surface area contributed by atoms with Gasteiger partial charge >= 0.3 is 5.97 Å². The fraction of sp³-hybridized carbons (Fsp3) is 0.417. The maximum Gasteiger partial charge on any atom is 0.309 e. The molecule has 1 aliphatic rings. The summed E-state index contributed by atoms with van der Waals surface area (Å²) in [5.74, 6) is -0.486. The van der Waals surface area contributed by atoms with Crippen molar-refractivity contribution in [3.8, 4) is 0 Å². The molecule has 0 fully saturated rings. The molecule has 2 N–H and O–H groups in total. The van der Waals surface area contributed by atoms with E-state index in [1.807, 2.05) is 6.07 Å². The third-order valence-corrected chi connectivity index (χ3v) is 4.00. The van der Waals surface area contributed by atoms with Crippen LogP contribution in [0.2, 0.25) is 10.0 Å². The summed E-state index contributed by atoms with van der Waals surface area (Å²) in [5.41, 5.74) is 7.88. The molecule has 0 aliphatic heterocycles. The van der Waals surface area contributed by atoms with Crippen LogP contribution in [0.3, 0.4) is 0 Å². The molecule has 100 valence electrons. The lowest BCUT2D eigenvalue weighted by atomic mass is 9.81. The molecule has 2 atom stereocenters. The summed E-state index contributed by atoms with van der Waals surface area (Å²) in [6.45, 7) is 0. The third kappa shape index (κ3) is 2.75. The lowest BCUT2D eigenvalue weighted by Crippen LogP contribution is -2.30. The van der Waals surface area contributed by atoms with Gasteiger partial charge in [-0.05, 0) is 30.0 Å². The Balaban J connectivity index is 0.00000162. The molecule has 0 bridgehead atoms. The van der Waals surface area contributed by atoms with E-state index in [2.05, 4.69) is 0 Å². The number of nitrogens with two attached hydrogens (primary N) is 1. The molecule has 0 radical (unpaired) electrons. The van der Waals surface area contributed by atoms with Crippen molar-refractivity contribution in [1.82, 2.24) is 0 Å². The summed E-state index contributed by atoms with van der Waals surface area (Å²) in [6.07, 6.45) is 1.12. The molecule has 1 aromatic rings. The van der Waals surface area contributed by atoms with Gasteiger partial charge in [0.15, 0.2) is 0 Å². The van der Waals surface area contributed by atoms with E-state index in [0.29, 0.717) is 22.9 Å². The first-order valence-corrected chi connectivity index (χ1v) is 6.10. The van der Waals surface area contributed by atoms with Crippen molar-refractivity contribution in [3.05, 3.63) is 33.3 Å². The number of esters is 1. The fourth-order valence-electron chi connectivity index (χ4n) is 2.27. The van der Waals surface area contributed by atoms with E-state index in [4.69, 9.17) is 33.7 Å². The van der Waals surface area contributed by atoms with Gasteiger partial charge in [0.2, 0.25) is 0 Å². The van der Waals surface area contributed by atoms with Crippen molar-refractivity contribution in [2.24, 2.45) is 11.7 Å². The van der Waals surface area contributed by atoms with Crippen molar-refractivity contribution in [3.63, 3.8) is 0 Å². The zero-order chi connectivity index (χ0) is 12.6. The number of carbonyl (C=O) groups excluding carboxylic acids is 1. The SMILES string of the molecule is COC(=O)[C@@H]1Cc2c(ccc(Cl)c2Cl)[C@@H](N)C1.Cl. The monoisotopic (exact) mass is 309 g/mol. The highest BCUT2D eigenvalue weighted by Gasteiger charge is 2.31. The van der Waals surface area contributed by atoms with Crippen molar-refractivity contribution >= 4 is 41.6 Å². The van der Waals surface area contributed by atoms with Crippen molar-refractivity contribution in [2.75, 3.05) is 7.11 Å². The van der Waals surface area contributed by atoms with Gasteiger partial charge in [0.25, 0.3) is 0 Å². The van der Waals surface area contributed by atoms with Crippen LogP contribution in [0.4, 0.5) is 0 Å². The van der Waals surface area contributed by atoms with Gasteiger partial charge in [-0.1, -0.05) is 29.3 Å². The van der Waals surface area contributed by atoms with E-state index < -0.39 is 0 Å². The van der Waals surface area contributed by atoms with Gasteiger partial charge in [0, 0.05) is 6.04 Å². The van der Waals surface area contributed by atoms with Crippen LogP contribution in [0.25, 0.3) is 0 Å². The Hall–Kier alpha value is -0.480. The standard InChI is InChI=1S/C12H13Cl2NO2.ClH/c1-17-12(16)6-4-8-7(10(15)5-6)2-3-9(13)11(8)14;/h2-3,6,10H,4-5,15H2,1H3;1H/t6-,10+;/m1./s1. The van der Waals surface area contributed by atoms with Crippen LogP contribution in [0.5, 0.6) is 0 Å². The predicted molar refractivity (Wildman–Crippen MR) is 74.5 cm³/mol. The number of hydrogen-bond acceptors (Lipinski definition) is 3. The van der Waals surface area contributed by atoms with E-state index in [0.717, 1.165) is 11.1 Å². The number of benzene rings is 1. The van der Waals surface area contributed by atoms with E-state index in [1.54, 1.807) is 6.07 Å². The van der Waals surface area contributed by atoms with Gasteiger partial charge in [0.1, 0.15) is 0 Å². The number of rotatable bonds is 1.